The third-order valence-electron chi connectivity index (χ3n) is 1.75. The summed E-state index contributed by atoms with van der Waals surface area (Å²) >= 11 is 6.57. The summed E-state index contributed by atoms with van der Waals surface area (Å²) < 4.78 is 6.45. The Balaban J connectivity index is 2.55. The van der Waals surface area contributed by atoms with Crippen molar-refractivity contribution in [2.45, 2.75) is 6.92 Å². The summed E-state index contributed by atoms with van der Waals surface area (Å²) in [5, 5.41) is 3.67. The summed E-state index contributed by atoms with van der Waals surface area (Å²) in [6, 6.07) is 5.96. The van der Waals surface area contributed by atoms with Crippen LogP contribution in [-0.4, -0.2) is 10.1 Å². The Bertz CT molecular complexity index is 468. The molecule has 0 fully saturated rings. The molecule has 0 saturated carbocycles. The van der Waals surface area contributed by atoms with Crippen LogP contribution in [0.1, 0.15) is 5.56 Å². The molecular formula is C9H6Br2N2O. The average Bonchev–Trinajstić information content (AvgIpc) is 2.56. The van der Waals surface area contributed by atoms with Gasteiger partial charge in [-0.2, -0.15) is 4.98 Å². The van der Waals surface area contributed by atoms with Crippen LogP contribution in [0.3, 0.4) is 0 Å². The largest absolute Gasteiger partial charge is 0.333 e. The molecule has 0 aliphatic rings. The lowest BCUT2D eigenvalue weighted by molar-refractivity contribution is 0.426. The van der Waals surface area contributed by atoms with Crippen LogP contribution in [0.4, 0.5) is 0 Å². The quantitative estimate of drug-likeness (QED) is 0.807. The Morgan fingerprint density at radius 2 is 2.07 bits per heavy atom. The molecule has 2 aromatic rings. The Hall–Kier alpha value is -0.680. The molecule has 1 aromatic heterocycles. The molecule has 0 N–H and O–H groups in total. The first-order valence-electron chi connectivity index (χ1n) is 3.92. The van der Waals surface area contributed by atoms with Crippen molar-refractivity contribution in [3.8, 4) is 11.5 Å². The lowest BCUT2D eigenvalue weighted by Gasteiger charge is -1.99. The summed E-state index contributed by atoms with van der Waals surface area (Å²) in [6.07, 6.45) is 0. The van der Waals surface area contributed by atoms with Gasteiger partial charge < -0.3 is 4.52 Å². The molecule has 0 aliphatic heterocycles. The second kappa shape index (κ2) is 3.82. The normalized spacial score (nSPS) is 10.5. The summed E-state index contributed by atoms with van der Waals surface area (Å²) in [6.45, 7) is 2.02. The van der Waals surface area contributed by atoms with E-state index in [2.05, 4.69) is 42.0 Å². The zero-order valence-corrected chi connectivity index (χ0v) is 10.5. The van der Waals surface area contributed by atoms with E-state index in [1.54, 1.807) is 0 Å². The second-order valence-electron chi connectivity index (χ2n) is 2.85. The third kappa shape index (κ3) is 1.88. The second-order valence-corrected chi connectivity index (χ2v) is 4.42. The monoisotopic (exact) mass is 316 g/mol. The molecule has 0 unspecified atom stereocenters. The number of nitrogens with zero attached hydrogens (tertiary/aromatic N) is 2. The van der Waals surface area contributed by atoms with E-state index in [0.717, 1.165) is 15.6 Å². The van der Waals surface area contributed by atoms with Crippen molar-refractivity contribution in [1.82, 2.24) is 10.1 Å². The topological polar surface area (TPSA) is 38.9 Å². The van der Waals surface area contributed by atoms with Crippen molar-refractivity contribution in [3.05, 3.63) is 33.0 Å². The van der Waals surface area contributed by atoms with Crippen molar-refractivity contribution in [2.24, 2.45) is 0 Å². The first-order chi connectivity index (χ1) is 6.66. The van der Waals surface area contributed by atoms with E-state index in [9.17, 15) is 0 Å². The Morgan fingerprint density at radius 1 is 1.29 bits per heavy atom. The first kappa shape index (κ1) is 9.86. The number of aryl methyl sites for hydroxylation is 1. The van der Waals surface area contributed by atoms with Gasteiger partial charge in [0.05, 0.1) is 5.56 Å². The van der Waals surface area contributed by atoms with Crippen molar-refractivity contribution >= 4 is 31.9 Å². The number of hydrogen-bond acceptors (Lipinski definition) is 3. The fraction of sp³-hybridized carbons (Fsp3) is 0.111. The van der Waals surface area contributed by atoms with Crippen LogP contribution in [0.2, 0.25) is 0 Å². The van der Waals surface area contributed by atoms with Gasteiger partial charge >= 0.3 is 0 Å². The maximum Gasteiger partial charge on any atom is 0.259 e. The predicted molar refractivity (Wildman–Crippen MR) is 59.9 cm³/mol. The summed E-state index contributed by atoms with van der Waals surface area (Å²) in [5.41, 5.74) is 2.06. The Morgan fingerprint density at radius 3 is 2.71 bits per heavy atom. The zero-order valence-electron chi connectivity index (χ0n) is 7.29. The summed E-state index contributed by atoms with van der Waals surface area (Å²) in [4.78, 5) is 4.09. The van der Waals surface area contributed by atoms with Crippen molar-refractivity contribution < 1.29 is 4.52 Å². The van der Waals surface area contributed by atoms with Gasteiger partial charge in [0, 0.05) is 4.47 Å². The van der Waals surface area contributed by atoms with Gasteiger partial charge in [-0.3, -0.25) is 0 Å². The summed E-state index contributed by atoms with van der Waals surface area (Å²) in [7, 11) is 0. The summed E-state index contributed by atoms with van der Waals surface area (Å²) in [5.74, 6) is 0.507. The molecule has 0 saturated heterocycles. The zero-order chi connectivity index (χ0) is 10.1. The smallest absolute Gasteiger partial charge is 0.259 e. The van der Waals surface area contributed by atoms with Gasteiger partial charge in [0.25, 0.3) is 5.89 Å². The number of hydrogen-bond donors (Lipinski definition) is 0. The highest BCUT2D eigenvalue weighted by Crippen LogP contribution is 2.28. The molecule has 72 valence electrons. The minimum absolute atomic E-state index is 0.459. The molecule has 0 spiro atoms. The van der Waals surface area contributed by atoms with Gasteiger partial charge in [-0.05, 0) is 56.1 Å². The molecule has 0 bridgehead atoms. The van der Waals surface area contributed by atoms with Crippen molar-refractivity contribution in [1.29, 1.82) is 0 Å². The van der Waals surface area contributed by atoms with Gasteiger partial charge in [-0.25, -0.2) is 0 Å². The lowest BCUT2D eigenvalue weighted by atomic mass is 10.1. The van der Waals surface area contributed by atoms with Gasteiger partial charge in [0.15, 0.2) is 0 Å². The number of benzene rings is 1. The molecule has 0 amide bonds. The van der Waals surface area contributed by atoms with Gasteiger partial charge in [0.2, 0.25) is 4.73 Å². The third-order valence-corrected chi connectivity index (χ3v) is 2.77. The first-order valence-corrected chi connectivity index (χ1v) is 5.51. The lowest BCUT2D eigenvalue weighted by Crippen LogP contribution is -1.81. The highest BCUT2D eigenvalue weighted by atomic mass is 79.9. The van der Waals surface area contributed by atoms with E-state index in [1.165, 1.54) is 0 Å². The van der Waals surface area contributed by atoms with E-state index < -0.39 is 0 Å². The molecule has 5 heteroatoms. The van der Waals surface area contributed by atoms with Crippen LogP contribution in [0.15, 0.2) is 31.9 Å². The number of rotatable bonds is 1. The number of aromatic nitrogens is 2. The van der Waals surface area contributed by atoms with Gasteiger partial charge in [0.1, 0.15) is 0 Å². The average molecular weight is 318 g/mol. The Labute approximate surface area is 97.8 Å². The van der Waals surface area contributed by atoms with Crippen LogP contribution in [0.5, 0.6) is 0 Å². The fourth-order valence-corrected chi connectivity index (χ4v) is 1.77. The maximum atomic E-state index is 5.05. The van der Waals surface area contributed by atoms with E-state index >= 15 is 0 Å². The highest BCUT2D eigenvalue weighted by Gasteiger charge is 2.10. The molecule has 14 heavy (non-hydrogen) atoms. The van der Waals surface area contributed by atoms with Crippen molar-refractivity contribution in [3.63, 3.8) is 0 Å². The van der Waals surface area contributed by atoms with Crippen LogP contribution >= 0.6 is 31.9 Å². The predicted octanol–water partition coefficient (Wildman–Crippen LogP) is 3.57. The molecular weight excluding hydrogens is 312 g/mol. The molecule has 2 rings (SSSR count). The van der Waals surface area contributed by atoms with Crippen LogP contribution in [0.25, 0.3) is 11.5 Å². The molecule has 3 nitrogen and oxygen atoms in total. The SMILES string of the molecule is Cc1ccc(Br)c(-c2nc(Br)no2)c1. The van der Waals surface area contributed by atoms with E-state index in [4.69, 9.17) is 4.52 Å². The Kier molecular flexibility index (Phi) is 2.69. The number of halogens is 2. The van der Waals surface area contributed by atoms with Crippen LogP contribution < -0.4 is 0 Å². The standard InChI is InChI=1S/C9H6Br2N2O/c1-5-2-3-7(10)6(4-5)8-12-9(11)13-14-8/h2-4H,1H3. The highest BCUT2D eigenvalue weighted by molar-refractivity contribution is 9.10. The van der Waals surface area contributed by atoms with Crippen LogP contribution in [0, 0.1) is 6.92 Å². The van der Waals surface area contributed by atoms with Crippen LogP contribution in [-0.2, 0) is 0 Å². The minimum Gasteiger partial charge on any atom is -0.333 e. The molecule has 0 aliphatic carbocycles. The van der Waals surface area contributed by atoms with Gasteiger partial charge in [-0.1, -0.05) is 11.6 Å². The fourth-order valence-electron chi connectivity index (χ4n) is 1.12. The van der Waals surface area contributed by atoms with E-state index in [0.29, 0.717) is 10.6 Å². The minimum atomic E-state index is 0.459. The van der Waals surface area contributed by atoms with Crippen molar-refractivity contribution in [2.75, 3.05) is 0 Å². The molecule has 0 radical (unpaired) electrons. The van der Waals surface area contributed by atoms with E-state index in [-0.39, 0.29) is 0 Å². The molecule has 1 aromatic carbocycles. The maximum absolute atomic E-state index is 5.05. The van der Waals surface area contributed by atoms with E-state index in [1.807, 2.05) is 25.1 Å². The molecule has 0 atom stereocenters. The van der Waals surface area contributed by atoms with Gasteiger partial charge in [-0.15, -0.1) is 0 Å². The molecule has 1 heterocycles.